The number of benzene rings is 4. The number of hydrogen-bond acceptors (Lipinski definition) is 4. The van der Waals surface area contributed by atoms with Crippen LogP contribution >= 0.6 is 44.9 Å². The van der Waals surface area contributed by atoms with Crippen molar-refractivity contribution in [2.75, 3.05) is 0 Å². The highest BCUT2D eigenvalue weighted by molar-refractivity contribution is 8.68. The summed E-state index contributed by atoms with van der Waals surface area (Å²) in [4.78, 5) is 2.39. The summed E-state index contributed by atoms with van der Waals surface area (Å²) in [6.07, 6.45) is 0. The molecule has 4 aromatic carbocycles. The van der Waals surface area contributed by atoms with Gasteiger partial charge in [0.05, 0.1) is 8.41 Å². The summed E-state index contributed by atoms with van der Waals surface area (Å²) in [5, 5.41) is 2.93. The lowest BCUT2D eigenvalue weighted by Crippen LogP contribution is -2.27. The standard InChI is InChI=1S/C28H22S4Si/c29-31-25-17-9-7-15-22(25)24-19-33(21-13-5-2-6-14-21)28(20-11-3-1-4-12-20)27(24)23-16-8-10-18-26(23)32-30/h1-18,29-30H,19H2. The highest BCUT2D eigenvalue weighted by atomic mass is 33.1. The van der Waals surface area contributed by atoms with E-state index in [0.717, 1.165) is 6.04 Å². The molecule has 0 aromatic heterocycles. The summed E-state index contributed by atoms with van der Waals surface area (Å²) >= 11 is 9.21. The molecule has 0 nitrogen and oxygen atoms in total. The van der Waals surface area contributed by atoms with Crippen molar-refractivity contribution < 1.29 is 0 Å². The fourth-order valence-corrected chi connectivity index (χ4v) is 9.42. The minimum Gasteiger partial charge on any atom is -0.106 e. The molecule has 5 rings (SSSR count). The van der Waals surface area contributed by atoms with E-state index < -0.39 is 8.41 Å². The topological polar surface area (TPSA) is 0 Å². The number of hydrogen-bond donors (Lipinski definition) is 2. The van der Waals surface area contributed by atoms with E-state index in [-0.39, 0.29) is 0 Å². The third-order valence-corrected chi connectivity index (χ3v) is 11.1. The fourth-order valence-electron chi connectivity index (χ4n) is 4.54. The Morgan fingerprint density at radius 1 is 0.576 bits per heavy atom. The zero-order chi connectivity index (χ0) is 22.6. The second-order valence-electron chi connectivity index (χ2n) is 7.79. The number of allylic oxidation sites excluding steroid dienone is 2. The van der Waals surface area contributed by atoms with Gasteiger partial charge in [-0.05, 0) is 56.4 Å². The minimum atomic E-state index is -1.05. The molecule has 0 saturated heterocycles. The van der Waals surface area contributed by atoms with Crippen molar-refractivity contribution in [2.24, 2.45) is 0 Å². The van der Waals surface area contributed by atoms with Crippen molar-refractivity contribution in [2.45, 2.75) is 15.8 Å². The molecular formula is C28H22S4Si. The van der Waals surface area contributed by atoms with Crippen LogP contribution in [0.25, 0.3) is 11.1 Å². The molecule has 0 saturated carbocycles. The van der Waals surface area contributed by atoms with Crippen LogP contribution in [-0.2, 0) is 0 Å². The van der Waals surface area contributed by atoms with Gasteiger partial charge < -0.3 is 0 Å². The van der Waals surface area contributed by atoms with Crippen molar-refractivity contribution in [3.05, 3.63) is 126 Å². The van der Waals surface area contributed by atoms with Gasteiger partial charge in [0.1, 0.15) is 0 Å². The Morgan fingerprint density at radius 3 is 1.73 bits per heavy atom. The first-order valence-corrected chi connectivity index (χ1v) is 16.2. The smallest absolute Gasteiger partial charge is 0.0605 e. The molecule has 0 spiro atoms. The summed E-state index contributed by atoms with van der Waals surface area (Å²) in [5.74, 6) is 0. The van der Waals surface area contributed by atoms with Gasteiger partial charge in [-0.1, -0.05) is 119 Å². The van der Waals surface area contributed by atoms with E-state index in [9.17, 15) is 0 Å². The average molecular weight is 515 g/mol. The van der Waals surface area contributed by atoms with E-state index in [1.807, 2.05) is 0 Å². The Hall–Kier alpha value is -1.89. The highest BCUT2D eigenvalue weighted by Gasteiger charge is 2.30. The van der Waals surface area contributed by atoms with Gasteiger partial charge in [-0.15, -0.1) is 23.3 Å². The monoisotopic (exact) mass is 514 g/mol. The molecule has 0 radical (unpaired) electrons. The van der Waals surface area contributed by atoms with Crippen molar-refractivity contribution >= 4 is 74.8 Å². The molecule has 5 heteroatoms. The first-order chi connectivity index (χ1) is 16.3. The van der Waals surface area contributed by atoms with E-state index in [1.54, 1.807) is 0 Å². The second kappa shape index (κ2) is 10.6. The predicted octanol–water partition coefficient (Wildman–Crippen LogP) is 7.69. The molecule has 0 aliphatic carbocycles. The van der Waals surface area contributed by atoms with Crippen molar-refractivity contribution in [3.8, 4) is 0 Å². The molecule has 0 N–H and O–H groups in total. The number of thiol groups is 2. The summed E-state index contributed by atoms with van der Waals surface area (Å²) in [6.45, 7) is 0. The molecule has 0 bridgehead atoms. The average Bonchev–Trinajstić information content (AvgIpc) is 3.30. The van der Waals surface area contributed by atoms with Gasteiger partial charge in [-0.3, -0.25) is 0 Å². The highest BCUT2D eigenvalue weighted by Crippen LogP contribution is 2.44. The molecule has 0 fully saturated rings. The van der Waals surface area contributed by atoms with E-state index >= 15 is 0 Å². The van der Waals surface area contributed by atoms with Gasteiger partial charge in [0.25, 0.3) is 0 Å². The first kappa shape index (κ1) is 22.9. The molecule has 4 aromatic rings. The van der Waals surface area contributed by atoms with Gasteiger partial charge in [-0.2, -0.15) is 0 Å². The molecule has 33 heavy (non-hydrogen) atoms. The molecule has 1 aliphatic rings. The zero-order valence-electron chi connectivity index (χ0n) is 17.8. The lowest BCUT2D eigenvalue weighted by atomic mass is 9.91. The molecule has 0 atom stereocenters. The third kappa shape index (κ3) is 4.57. The lowest BCUT2D eigenvalue weighted by molar-refractivity contribution is 1.38. The van der Waals surface area contributed by atoms with Crippen molar-refractivity contribution in [3.63, 3.8) is 0 Å². The predicted molar refractivity (Wildman–Crippen MR) is 157 cm³/mol. The lowest BCUT2D eigenvalue weighted by Gasteiger charge is -2.18. The van der Waals surface area contributed by atoms with Crippen molar-refractivity contribution in [1.29, 1.82) is 0 Å². The summed E-state index contributed by atoms with van der Waals surface area (Å²) in [5.41, 5.74) is 6.65. The van der Waals surface area contributed by atoms with Crippen LogP contribution in [0.4, 0.5) is 0 Å². The fraction of sp³-hybridized carbons (Fsp3) is 0.0357. The third-order valence-electron chi connectivity index (χ3n) is 5.96. The quantitative estimate of drug-likeness (QED) is 0.154. The van der Waals surface area contributed by atoms with Gasteiger partial charge in [0, 0.05) is 9.79 Å². The van der Waals surface area contributed by atoms with E-state index in [1.165, 1.54) is 69.6 Å². The Labute approximate surface area is 215 Å². The first-order valence-electron chi connectivity index (χ1n) is 10.7. The largest absolute Gasteiger partial charge is 0.106 e. The van der Waals surface area contributed by atoms with Crippen LogP contribution in [0.2, 0.25) is 6.04 Å². The normalized spacial score (nSPS) is 13.6. The molecular weight excluding hydrogens is 493 g/mol. The maximum absolute atomic E-state index is 4.61. The van der Waals surface area contributed by atoms with Gasteiger partial charge in [0.15, 0.2) is 0 Å². The molecule has 1 heterocycles. The van der Waals surface area contributed by atoms with E-state index in [4.69, 9.17) is 0 Å². The molecule has 0 amide bonds. The van der Waals surface area contributed by atoms with Crippen LogP contribution < -0.4 is 5.19 Å². The summed E-state index contributed by atoms with van der Waals surface area (Å²) in [7, 11) is 2.00. The van der Waals surface area contributed by atoms with Crippen LogP contribution in [0.1, 0.15) is 16.7 Å². The van der Waals surface area contributed by atoms with E-state index in [2.05, 4.69) is 133 Å². The maximum Gasteiger partial charge on any atom is 0.0605 e. The molecule has 1 aliphatic heterocycles. The Kier molecular flexibility index (Phi) is 7.33. The van der Waals surface area contributed by atoms with Crippen LogP contribution in [0.5, 0.6) is 0 Å². The molecule has 162 valence electrons. The van der Waals surface area contributed by atoms with Crippen LogP contribution in [0.3, 0.4) is 0 Å². The van der Waals surface area contributed by atoms with Gasteiger partial charge in [0.2, 0.25) is 0 Å². The van der Waals surface area contributed by atoms with Gasteiger partial charge >= 0.3 is 0 Å². The van der Waals surface area contributed by atoms with Crippen LogP contribution in [-0.4, -0.2) is 13.6 Å². The Bertz CT molecular complexity index is 1340. The van der Waals surface area contributed by atoms with Gasteiger partial charge in [-0.25, -0.2) is 0 Å². The van der Waals surface area contributed by atoms with Crippen molar-refractivity contribution in [1.82, 2.24) is 0 Å². The maximum atomic E-state index is 4.61. The number of rotatable bonds is 6. The Morgan fingerprint density at radius 2 is 1.09 bits per heavy atom. The van der Waals surface area contributed by atoms with Crippen LogP contribution in [0.15, 0.2) is 119 Å². The van der Waals surface area contributed by atoms with Crippen LogP contribution in [0, 0.1) is 0 Å². The zero-order valence-corrected chi connectivity index (χ0v) is 22.2. The minimum absolute atomic E-state index is 1.05. The molecule has 0 unspecified atom stereocenters. The Balaban J connectivity index is 1.87. The second-order valence-corrected chi connectivity index (χ2v) is 12.5. The van der Waals surface area contributed by atoms with E-state index in [0.29, 0.717) is 0 Å². The summed E-state index contributed by atoms with van der Waals surface area (Å²) in [6, 6.07) is 40.4. The SMILES string of the molecule is SSc1ccccc1C1=C(c2ccccc2SS)C(c2ccccc2)=[Si](c2ccccc2)C1. The summed E-state index contributed by atoms with van der Waals surface area (Å²) < 4.78 is 0.